The van der Waals surface area contributed by atoms with Crippen molar-refractivity contribution in [2.24, 2.45) is 0 Å². The lowest BCUT2D eigenvalue weighted by Crippen LogP contribution is -2.49. The molecule has 1 N–H and O–H groups in total. The average Bonchev–Trinajstić information content (AvgIpc) is 2.74. The lowest BCUT2D eigenvalue weighted by Gasteiger charge is -2.33. The number of benzene rings is 2. The summed E-state index contributed by atoms with van der Waals surface area (Å²) in [7, 11) is -4.01. The Labute approximate surface area is 183 Å². The van der Waals surface area contributed by atoms with E-state index in [0.29, 0.717) is 19.6 Å². The highest BCUT2D eigenvalue weighted by Crippen LogP contribution is 2.27. The molecule has 0 spiro atoms. The number of piperazine rings is 1. The summed E-state index contributed by atoms with van der Waals surface area (Å²) in [6.07, 6.45) is 0.0962. The first-order chi connectivity index (χ1) is 14.7. The number of nitrogens with one attached hydrogen (secondary N) is 1. The monoisotopic (exact) mass is 470 g/mol. The molecule has 0 aliphatic carbocycles. The van der Waals surface area contributed by atoms with Gasteiger partial charge in [0, 0.05) is 50.2 Å². The van der Waals surface area contributed by atoms with E-state index in [0.717, 1.165) is 12.1 Å². The van der Waals surface area contributed by atoms with Gasteiger partial charge in [-0.2, -0.15) is 4.31 Å². The highest BCUT2D eigenvalue weighted by atomic mass is 35.5. The van der Waals surface area contributed by atoms with Gasteiger partial charge < -0.3 is 10.2 Å². The number of nitrogens with zero attached hydrogens (tertiary/aromatic N) is 3. The fourth-order valence-corrected chi connectivity index (χ4v) is 4.96. The predicted octanol–water partition coefficient (Wildman–Crippen LogP) is 2.72. The lowest BCUT2D eigenvalue weighted by molar-refractivity contribution is -0.387. The summed E-state index contributed by atoms with van der Waals surface area (Å²) in [5.41, 5.74) is -0.425. The summed E-state index contributed by atoms with van der Waals surface area (Å²) in [5, 5.41) is 13.9. The minimum Gasteiger partial charge on any atom is -0.324 e. The SMILES string of the molecule is O=C(CCN1CCN(S(=O)(=O)c2ccccc2[N+](=O)[O-])CC1)Nc1ccc(Cl)cc1F. The zero-order valence-electron chi connectivity index (χ0n) is 16.3. The minimum absolute atomic E-state index is 0.0368. The van der Waals surface area contributed by atoms with Crippen molar-refractivity contribution in [3.63, 3.8) is 0 Å². The molecule has 0 atom stereocenters. The first-order valence-corrected chi connectivity index (χ1v) is 11.2. The number of rotatable bonds is 7. The van der Waals surface area contributed by atoms with E-state index >= 15 is 0 Å². The molecule has 0 radical (unpaired) electrons. The Morgan fingerprint density at radius 2 is 1.84 bits per heavy atom. The second-order valence-electron chi connectivity index (χ2n) is 6.89. The molecule has 1 saturated heterocycles. The molecule has 0 bridgehead atoms. The molecule has 166 valence electrons. The third-order valence-corrected chi connectivity index (χ3v) is 7.05. The number of nitro groups is 1. The van der Waals surface area contributed by atoms with Crippen LogP contribution in [0, 0.1) is 15.9 Å². The fraction of sp³-hybridized carbons (Fsp3) is 0.316. The van der Waals surface area contributed by atoms with Crippen molar-refractivity contribution in [2.75, 3.05) is 38.0 Å². The Kier molecular flexibility index (Phi) is 7.21. The van der Waals surface area contributed by atoms with Gasteiger partial charge in [-0.15, -0.1) is 0 Å². The average molecular weight is 471 g/mol. The van der Waals surface area contributed by atoms with Crippen LogP contribution in [0.1, 0.15) is 6.42 Å². The second kappa shape index (κ2) is 9.69. The maximum Gasteiger partial charge on any atom is 0.289 e. The van der Waals surface area contributed by atoms with Crippen molar-refractivity contribution in [2.45, 2.75) is 11.3 Å². The zero-order chi connectivity index (χ0) is 22.6. The first kappa shape index (κ1) is 23.1. The van der Waals surface area contributed by atoms with Gasteiger partial charge >= 0.3 is 0 Å². The molecule has 12 heteroatoms. The summed E-state index contributed by atoms with van der Waals surface area (Å²) >= 11 is 5.68. The summed E-state index contributed by atoms with van der Waals surface area (Å²) < 4.78 is 40.6. The normalized spacial score (nSPS) is 15.5. The van der Waals surface area contributed by atoms with E-state index in [1.807, 2.05) is 4.90 Å². The van der Waals surface area contributed by atoms with Crippen LogP contribution in [0.4, 0.5) is 15.8 Å². The van der Waals surface area contributed by atoms with Gasteiger partial charge in [-0.1, -0.05) is 23.7 Å². The van der Waals surface area contributed by atoms with Gasteiger partial charge in [-0.05, 0) is 24.3 Å². The number of para-hydroxylation sites is 1. The molecule has 0 unspecified atom stereocenters. The Morgan fingerprint density at radius 3 is 2.48 bits per heavy atom. The summed E-state index contributed by atoms with van der Waals surface area (Å²) in [6, 6.07) is 9.19. The van der Waals surface area contributed by atoms with Crippen LogP contribution in [-0.2, 0) is 14.8 Å². The van der Waals surface area contributed by atoms with Crippen molar-refractivity contribution in [1.82, 2.24) is 9.21 Å². The van der Waals surface area contributed by atoms with Crippen LogP contribution in [-0.4, -0.2) is 61.2 Å². The molecule has 1 aliphatic rings. The van der Waals surface area contributed by atoms with Crippen molar-refractivity contribution in [3.05, 3.63) is 63.4 Å². The van der Waals surface area contributed by atoms with E-state index in [1.165, 1.54) is 34.6 Å². The van der Waals surface area contributed by atoms with Crippen molar-refractivity contribution >= 4 is 38.9 Å². The molecule has 31 heavy (non-hydrogen) atoms. The Hall–Kier alpha value is -2.60. The number of nitro benzene ring substituents is 1. The van der Waals surface area contributed by atoms with Crippen LogP contribution >= 0.6 is 11.6 Å². The van der Waals surface area contributed by atoms with Crippen molar-refractivity contribution < 1.29 is 22.5 Å². The zero-order valence-corrected chi connectivity index (χ0v) is 17.9. The molecule has 9 nitrogen and oxygen atoms in total. The van der Waals surface area contributed by atoms with Crippen LogP contribution in [0.2, 0.25) is 5.02 Å². The molecule has 1 fully saturated rings. The quantitative estimate of drug-likeness (QED) is 0.491. The van der Waals surface area contributed by atoms with Gasteiger partial charge in [0.1, 0.15) is 5.82 Å². The largest absolute Gasteiger partial charge is 0.324 e. The lowest BCUT2D eigenvalue weighted by atomic mass is 10.2. The molecular weight excluding hydrogens is 451 g/mol. The number of amides is 1. The number of hydrogen-bond donors (Lipinski definition) is 1. The van der Waals surface area contributed by atoms with Crippen LogP contribution in [0.5, 0.6) is 0 Å². The van der Waals surface area contributed by atoms with Gasteiger partial charge in [-0.3, -0.25) is 14.9 Å². The van der Waals surface area contributed by atoms with Gasteiger partial charge in [0.2, 0.25) is 15.9 Å². The molecule has 1 amide bonds. The topological polar surface area (TPSA) is 113 Å². The van der Waals surface area contributed by atoms with Gasteiger partial charge in [0.25, 0.3) is 5.69 Å². The fourth-order valence-electron chi connectivity index (χ4n) is 3.22. The van der Waals surface area contributed by atoms with E-state index in [4.69, 9.17) is 11.6 Å². The summed E-state index contributed by atoms with van der Waals surface area (Å²) in [6.45, 7) is 1.37. The van der Waals surface area contributed by atoms with Crippen LogP contribution < -0.4 is 5.32 Å². The smallest absolute Gasteiger partial charge is 0.289 e. The van der Waals surface area contributed by atoms with E-state index in [9.17, 15) is 27.7 Å². The number of carbonyl (C=O) groups excluding carboxylic acids is 1. The Morgan fingerprint density at radius 1 is 1.16 bits per heavy atom. The Balaban J connectivity index is 1.54. The van der Waals surface area contributed by atoms with Gasteiger partial charge in [0.05, 0.1) is 10.6 Å². The van der Waals surface area contributed by atoms with Crippen LogP contribution in [0.25, 0.3) is 0 Å². The molecule has 1 aliphatic heterocycles. The molecule has 0 aromatic heterocycles. The number of halogens is 2. The van der Waals surface area contributed by atoms with Gasteiger partial charge in [-0.25, -0.2) is 12.8 Å². The molecule has 2 aromatic rings. The standard InChI is InChI=1S/C19H20ClFN4O5S/c20-14-5-6-16(15(21)13-14)22-19(26)7-8-23-9-11-24(12-10-23)31(29,30)18-4-2-1-3-17(18)25(27)28/h1-6,13H,7-12H2,(H,22,26). The minimum atomic E-state index is -4.01. The third kappa shape index (κ3) is 5.56. The van der Waals surface area contributed by atoms with Crippen LogP contribution in [0.3, 0.4) is 0 Å². The predicted molar refractivity (Wildman–Crippen MR) is 113 cm³/mol. The van der Waals surface area contributed by atoms with Crippen molar-refractivity contribution in [3.8, 4) is 0 Å². The molecule has 0 saturated carbocycles. The molecule has 2 aromatic carbocycles. The molecular formula is C19H20ClFN4O5S. The number of sulfonamides is 1. The van der Waals surface area contributed by atoms with E-state index < -0.39 is 26.5 Å². The van der Waals surface area contributed by atoms with E-state index in [2.05, 4.69) is 5.32 Å². The number of carbonyl (C=O) groups is 1. The maximum absolute atomic E-state index is 13.8. The second-order valence-corrected chi connectivity index (χ2v) is 9.24. The number of hydrogen-bond acceptors (Lipinski definition) is 6. The number of anilines is 1. The van der Waals surface area contributed by atoms with E-state index in [-0.39, 0.29) is 41.0 Å². The first-order valence-electron chi connectivity index (χ1n) is 9.39. The molecule has 1 heterocycles. The summed E-state index contributed by atoms with van der Waals surface area (Å²) in [4.78, 5) is 24.1. The van der Waals surface area contributed by atoms with E-state index in [1.54, 1.807) is 0 Å². The highest BCUT2D eigenvalue weighted by Gasteiger charge is 2.33. The third-order valence-electron chi connectivity index (χ3n) is 4.87. The van der Waals surface area contributed by atoms with Crippen LogP contribution in [0.15, 0.2) is 47.4 Å². The Bertz CT molecular complexity index is 1090. The molecule has 3 rings (SSSR count). The highest BCUT2D eigenvalue weighted by molar-refractivity contribution is 7.89. The van der Waals surface area contributed by atoms with Gasteiger partial charge in [0.15, 0.2) is 4.90 Å². The maximum atomic E-state index is 13.8. The van der Waals surface area contributed by atoms with Crippen molar-refractivity contribution in [1.29, 1.82) is 0 Å². The summed E-state index contributed by atoms with van der Waals surface area (Å²) in [5.74, 6) is -1.01.